The van der Waals surface area contributed by atoms with Crippen molar-refractivity contribution in [2.24, 2.45) is 0 Å². The molecule has 5 heteroatoms. The molecule has 0 N–H and O–H groups in total. The summed E-state index contributed by atoms with van der Waals surface area (Å²) >= 11 is 5.96. The lowest BCUT2D eigenvalue weighted by Gasteiger charge is -2.07. The third-order valence-electron chi connectivity index (χ3n) is 2.92. The van der Waals surface area contributed by atoms with Gasteiger partial charge in [-0.1, -0.05) is 17.7 Å². The van der Waals surface area contributed by atoms with Crippen LogP contribution in [0.3, 0.4) is 0 Å². The zero-order chi connectivity index (χ0) is 13.3. The van der Waals surface area contributed by atoms with Gasteiger partial charge in [0.15, 0.2) is 6.29 Å². The molecule has 0 aliphatic heterocycles. The van der Waals surface area contributed by atoms with E-state index in [1.54, 1.807) is 30.7 Å². The number of aryl methyl sites for hydroxylation is 1. The molecule has 0 atom stereocenters. The number of benzene rings is 1. The predicted molar refractivity (Wildman–Crippen MR) is 67.6 cm³/mol. The van der Waals surface area contributed by atoms with Gasteiger partial charge in [-0.2, -0.15) is 5.10 Å². The van der Waals surface area contributed by atoms with E-state index in [1.807, 2.05) is 0 Å². The van der Waals surface area contributed by atoms with Crippen molar-refractivity contribution < 1.29 is 9.18 Å². The first kappa shape index (κ1) is 12.8. The highest BCUT2D eigenvalue weighted by Gasteiger charge is 2.14. The Labute approximate surface area is 109 Å². The maximum atomic E-state index is 13.7. The average Bonchev–Trinajstić information content (AvgIpc) is 2.59. The van der Waals surface area contributed by atoms with Crippen molar-refractivity contribution in [3.8, 4) is 0 Å². The Balaban J connectivity index is 2.44. The zero-order valence-corrected chi connectivity index (χ0v) is 10.8. The van der Waals surface area contributed by atoms with Crippen LogP contribution in [0.2, 0.25) is 5.02 Å². The third-order valence-corrected chi connectivity index (χ3v) is 3.28. The molecule has 0 unspecified atom stereocenters. The van der Waals surface area contributed by atoms with Crippen LogP contribution in [-0.4, -0.2) is 16.1 Å². The Morgan fingerprint density at radius 3 is 2.72 bits per heavy atom. The Morgan fingerprint density at radius 2 is 2.17 bits per heavy atom. The molecule has 0 aliphatic carbocycles. The molecule has 1 aromatic carbocycles. The van der Waals surface area contributed by atoms with Crippen molar-refractivity contribution in [1.82, 2.24) is 9.78 Å². The van der Waals surface area contributed by atoms with Gasteiger partial charge in [-0.3, -0.25) is 9.48 Å². The van der Waals surface area contributed by atoms with Crippen LogP contribution < -0.4 is 0 Å². The molecule has 0 aliphatic rings. The number of carbonyl (C=O) groups is 1. The molecular weight excluding hydrogens is 255 g/mol. The van der Waals surface area contributed by atoms with Gasteiger partial charge in [0.25, 0.3) is 0 Å². The number of hydrogen-bond donors (Lipinski definition) is 0. The summed E-state index contributed by atoms with van der Waals surface area (Å²) in [7, 11) is 0. The van der Waals surface area contributed by atoms with E-state index >= 15 is 0 Å². The molecule has 1 aromatic heterocycles. The van der Waals surface area contributed by atoms with Crippen LogP contribution in [0.4, 0.5) is 4.39 Å². The monoisotopic (exact) mass is 266 g/mol. The van der Waals surface area contributed by atoms with Crippen molar-refractivity contribution in [2.75, 3.05) is 0 Å². The van der Waals surface area contributed by atoms with Crippen molar-refractivity contribution in [3.63, 3.8) is 0 Å². The van der Waals surface area contributed by atoms with Crippen LogP contribution in [0.15, 0.2) is 18.2 Å². The lowest BCUT2D eigenvalue weighted by molar-refractivity contribution is 0.112. The van der Waals surface area contributed by atoms with E-state index in [1.165, 1.54) is 6.07 Å². The fourth-order valence-electron chi connectivity index (χ4n) is 1.87. The van der Waals surface area contributed by atoms with Gasteiger partial charge >= 0.3 is 0 Å². The lowest BCUT2D eigenvalue weighted by atomic mass is 10.2. The Morgan fingerprint density at radius 1 is 1.44 bits per heavy atom. The Bertz CT molecular complexity index is 587. The summed E-state index contributed by atoms with van der Waals surface area (Å²) in [6.45, 7) is 3.74. The smallest absolute Gasteiger partial charge is 0.153 e. The standard InChI is InChI=1S/C13H12ClFN2O/c1-8-11(7-18)9(2)17(16-8)6-10-12(14)4-3-5-13(10)15/h3-5,7H,6H2,1-2H3. The molecule has 2 rings (SSSR count). The number of aromatic nitrogens is 2. The zero-order valence-electron chi connectivity index (χ0n) is 10.1. The van der Waals surface area contributed by atoms with E-state index < -0.39 is 0 Å². The normalized spacial score (nSPS) is 10.7. The Hall–Kier alpha value is -1.68. The quantitative estimate of drug-likeness (QED) is 0.800. The molecule has 1 heterocycles. The molecule has 0 spiro atoms. The molecule has 18 heavy (non-hydrogen) atoms. The summed E-state index contributed by atoms with van der Waals surface area (Å²) in [6, 6.07) is 4.54. The average molecular weight is 267 g/mol. The van der Waals surface area contributed by atoms with Gasteiger partial charge in [-0.25, -0.2) is 4.39 Å². The number of aldehydes is 1. The largest absolute Gasteiger partial charge is 0.298 e. The molecule has 0 amide bonds. The van der Waals surface area contributed by atoms with E-state index in [2.05, 4.69) is 5.10 Å². The molecular formula is C13H12ClFN2O. The number of carbonyl (C=O) groups excluding carboxylic acids is 1. The highest BCUT2D eigenvalue weighted by molar-refractivity contribution is 6.31. The van der Waals surface area contributed by atoms with Gasteiger partial charge in [0.1, 0.15) is 5.82 Å². The minimum absolute atomic E-state index is 0.214. The van der Waals surface area contributed by atoms with Gasteiger partial charge < -0.3 is 0 Å². The summed E-state index contributed by atoms with van der Waals surface area (Å²) in [5.74, 6) is -0.372. The lowest BCUT2D eigenvalue weighted by Crippen LogP contribution is -2.06. The van der Waals surface area contributed by atoms with Crippen LogP contribution in [0, 0.1) is 19.7 Å². The first-order valence-electron chi connectivity index (χ1n) is 5.46. The predicted octanol–water partition coefficient (Wildman–Crippen LogP) is 3.15. The van der Waals surface area contributed by atoms with E-state index in [4.69, 9.17) is 11.6 Å². The summed E-state index contributed by atoms with van der Waals surface area (Å²) < 4.78 is 15.2. The topological polar surface area (TPSA) is 34.9 Å². The highest BCUT2D eigenvalue weighted by Crippen LogP contribution is 2.21. The summed E-state index contributed by atoms with van der Waals surface area (Å²) in [6.07, 6.45) is 0.761. The molecule has 0 fully saturated rings. The second-order valence-electron chi connectivity index (χ2n) is 4.06. The van der Waals surface area contributed by atoms with E-state index in [0.29, 0.717) is 27.5 Å². The molecule has 3 nitrogen and oxygen atoms in total. The number of halogens is 2. The second kappa shape index (κ2) is 4.90. The van der Waals surface area contributed by atoms with Gasteiger partial charge in [0.2, 0.25) is 0 Å². The molecule has 2 aromatic rings. The van der Waals surface area contributed by atoms with Gasteiger partial charge in [-0.05, 0) is 26.0 Å². The van der Waals surface area contributed by atoms with E-state index in [0.717, 1.165) is 6.29 Å². The second-order valence-corrected chi connectivity index (χ2v) is 4.47. The first-order valence-corrected chi connectivity index (χ1v) is 5.84. The van der Waals surface area contributed by atoms with E-state index in [9.17, 15) is 9.18 Å². The number of nitrogens with zero attached hydrogens (tertiary/aromatic N) is 2. The minimum Gasteiger partial charge on any atom is -0.298 e. The van der Waals surface area contributed by atoms with Gasteiger partial charge in [0.05, 0.1) is 17.8 Å². The number of hydrogen-bond acceptors (Lipinski definition) is 2. The summed E-state index contributed by atoms with van der Waals surface area (Å²) in [4.78, 5) is 10.9. The molecule has 0 saturated carbocycles. The van der Waals surface area contributed by atoms with Crippen molar-refractivity contribution in [2.45, 2.75) is 20.4 Å². The molecule has 0 bridgehead atoms. The van der Waals surface area contributed by atoms with Gasteiger partial charge in [-0.15, -0.1) is 0 Å². The Kier molecular flexibility index (Phi) is 3.48. The third kappa shape index (κ3) is 2.16. The first-order chi connectivity index (χ1) is 8.54. The maximum absolute atomic E-state index is 13.7. The van der Waals surface area contributed by atoms with Crippen molar-refractivity contribution in [3.05, 3.63) is 51.6 Å². The highest BCUT2D eigenvalue weighted by atomic mass is 35.5. The number of rotatable bonds is 3. The minimum atomic E-state index is -0.372. The molecule has 0 radical (unpaired) electrons. The molecule has 0 saturated heterocycles. The summed E-state index contributed by atoms with van der Waals surface area (Å²) in [5, 5.41) is 4.58. The summed E-state index contributed by atoms with van der Waals surface area (Å²) in [5.41, 5.74) is 2.27. The van der Waals surface area contributed by atoms with Crippen molar-refractivity contribution >= 4 is 17.9 Å². The van der Waals surface area contributed by atoms with Crippen molar-refractivity contribution in [1.29, 1.82) is 0 Å². The van der Waals surface area contributed by atoms with Crippen LogP contribution >= 0.6 is 11.6 Å². The SMILES string of the molecule is Cc1nn(Cc2c(F)cccc2Cl)c(C)c1C=O. The molecule has 94 valence electrons. The maximum Gasteiger partial charge on any atom is 0.153 e. The van der Waals surface area contributed by atoms with E-state index in [-0.39, 0.29) is 12.4 Å². The van der Waals surface area contributed by atoms with Crippen LogP contribution in [0.25, 0.3) is 0 Å². The van der Waals surface area contributed by atoms with Crippen LogP contribution in [0.1, 0.15) is 27.3 Å². The van der Waals surface area contributed by atoms with Crippen LogP contribution in [-0.2, 0) is 6.54 Å². The van der Waals surface area contributed by atoms with Crippen LogP contribution in [0.5, 0.6) is 0 Å². The fourth-order valence-corrected chi connectivity index (χ4v) is 2.09. The van der Waals surface area contributed by atoms with Gasteiger partial charge in [0, 0.05) is 16.3 Å². The fraction of sp³-hybridized carbons (Fsp3) is 0.231.